The number of amides is 1. The summed E-state index contributed by atoms with van der Waals surface area (Å²) in [5.41, 5.74) is 0.990. The third kappa shape index (κ3) is 3.33. The number of fused-ring (bicyclic) bond motifs is 1. The molecule has 1 aromatic rings. The van der Waals surface area contributed by atoms with Crippen molar-refractivity contribution in [2.24, 2.45) is 5.92 Å². The van der Waals surface area contributed by atoms with E-state index in [1.165, 1.54) is 0 Å². The smallest absolute Gasteiger partial charge is 0.231 e. The summed E-state index contributed by atoms with van der Waals surface area (Å²) in [6, 6.07) is 5.75. The van der Waals surface area contributed by atoms with E-state index in [2.05, 4.69) is 0 Å². The van der Waals surface area contributed by atoms with Gasteiger partial charge in [-0.1, -0.05) is 6.07 Å². The van der Waals surface area contributed by atoms with Gasteiger partial charge >= 0.3 is 0 Å². The molecule has 3 aliphatic heterocycles. The Morgan fingerprint density at radius 1 is 1.12 bits per heavy atom. The monoisotopic (exact) mass is 335 g/mol. The minimum Gasteiger partial charge on any atom is -0.454 e. The van der Waals surface area contributed by atoms with Crippen LogP contribution in [0.2, 0.25) is 0 Å². The fourth-order valence-corrected chi connectivity index (χ4v) is 3.17. The van der Waals surface area contributed by atoms with E-state index in [0.717, 1.165) is 23.5 Å². The maximum atomic E-state index is 12.9. The van der Waals surface area contributed by atoms with Crippen LogP contribution in [0.25, 0.3) is 0 Å². The van der Waals surface area contributed by atoms with Crippen molar-refractivity contribution in [3.8, 4) is 11.5 Å². The molecule has 0 spiro atoms. The van der Waals surface area contributed by atoms with Gasteiger partial charge in [0.15, 0.2) is 17.8 Å². The molecular formula is C17H21NO6. The van der Waals surface area contributed by atoms with Gasteiger partial charge in [-0.15, -0.1) is 0 Å². The zero-order valence-electron chi connectivity index (χ0n) is 13.4. The average molecular weight is 335 g/mol. The molecule has 1 aromatic carbocycles. The van der Waals surface area contributed by atoms with Crippen LogP contribution in [-0.2, 0) is 25.5 Å². The van der Waals surface area contributed by atoms with Crippen molar-refractivity contribution in [1.29, 1.82) is 0 Å². The topological polar surface area (TPSA) is 66.5 Å². The van der Waals surface area contributed by atoms with Gasteiger partial charge in [0.25, 0.3) is 0 Å². The number of nitrogens with zero attached hydrogens (tertiary/aromatic N) is 1. The Bertz CT molecular complexity index is 595. The van der Waals surface area contributed by atoms with Crippen molar-refractivity contribution in [1.82, 2.24) is 4.90 Å². The third-order valence-electron chi connectivity index (χ3n) is 4.46. The molecule has 7 nitrogen and oxygen atoms in total. The van der Waals surface area contributed by atoms with Crippen LogP contribution in [0.3, 0.4) is 0 Å². The lowest BCUT2D eigenvalue weighted by molar-refractivity contribution is -0.142. The van der Waals surface area contributed by atoms with Crippen LogP contribution in [0, 0.1) is 5.92 Å². The molecule has 0 bridgehead atoms. The first kappa shape index (κ1) is 15.7. The summed E-state index contributed by atoms with van der Waals surface area (Å²) >= 11 is 0. The maximum absolute atomic E-state index is 12.9. The van der Waals surface area contributed by atoms with Crippen LogP contribution >= 0.6 is 0 Å². The van der Waals surface area contributed by atoms with Crippen LogP contribution in [0.15, 0.2) is 18.2 Å². The van der Waals surface area contributed by atoms with E-state index in [9.17, 15) is 4.79 Å². The molecule has 2 fully saturated rings. The third-order valence-corrected chi connectivity index (χ3v) is 4.46. The van der Waals surface area contributed by atoms with Gasteiger partial charge in [-0.3, -0.25) is 4.79 Å². The number of carbonyl (C=O) groups excluding carboxylic acids is 1. The normalized spacial score (nSPS) is 22.9. The highest BCUT2D eigenvalue weighted by Gasteiger charge is 2.31. The lowest BCUT2D eigenvalue weighted by Crippen LogP contribution is -2.41. The SMILES string of the molecule is O=C([C@@H]1CCOC1)N(Cc1ccc2c(c1)OCO2)CC1OCCO1. The fraction of sp³-hybridized carbons (Fsp3) is 0.588. The Morgan fingerprint density at radius 3 is 2.75 bits per heavy atom. The van der Waals surface area contributed by atoms with Crippen LogP contribution < -0.4 is 9.47 Å². The zero-order valence-corrected chi connectivity index (χ0v) is 13.4. The van der Waals surface area contributed by atoms with Crippen LogP contribution in [-0.4, -0.2) is 56.9 Å². The number of hydrogen-bond acceptors (Lipinski definition) is 6. The van der Waals surface area contributed by atoms with E-state index >= 15 is 0 Å². The molecule has 2 saturated heterocycles. The quantitative estimate of drug-likeness (QED) is 0.804. The molecule has 3 heterocycles. The summed E-state index contributed by atoms with van der Waals surface area (Å²) in [6.45, 7) is 3.42. The van der Waals surface area contributed by atoms with E-state index in [4.69, 9.17) is 23.7 Å². The molecule has 4 rings (SSSR count). The molecule has 0 radical (unpaired) electrons. The molecule has 0 N–H and O–H groups in total. The molecule has 130 valence electrons. The van der Waals surface area contributed by atoms with Gasteiger partial charge in [0.05, 0.1) is 32.3 Å². The highest BCUT2D eigenvalue weighted by molar-refractivity contribution is 5.79. The zero-order chi connectivity index (χ0) is 16.4. The standard InChI is InChI=1S/C17H21NO6/c19-17(13-3-4-20-10-13)18(9-16-21-5-6-22-16)8-12-1-2-14-15(7-12)24-11-23-14/h1-2,7,13,16H,3-6,8-11H2/t13-/m1/s1. The van der Waals surface area contributed by atoms with E-state index in [-0.39, 0.29) is 24.9 Å². The number of carbonyl (C=O) groups is 1. The first-order valence-electron chi connectivity index (χ1n) is 8.28. The Hall–Kier alpha value is -1.83. The lowest BCUT2D eigenvalue weighted by atomic mass is 10.1. The summed E-state index contributed by atoms with van der Waals surface area (Å²) < 4.78 is 27.1. The van der Waals surface area contributed by atoms with Crippen molar-refractivity contribution in [2.75, 3.05) is 39.8 Å². The molecule has 24 heavy (non-hydrogen) atoms. The number of rotatable bonds is 5. The molecular weight excluding hydrogens is 314 g/mol. The van der Waals surface area contributed by atoms with Crippen LogP contribution in [0.4, 0.5) is 0 Å². The lowest BCUT2D eigenvalue weighted by Gasteiger charge is -2.27. The summed E-state index contributed by atoms with van der Waals surface area (Å²) in [5.74, 6) is 1.46. The number of ether oxygens (including phenoxy) is 5. The number of benzene rings is 1. The van der Waals surface area contributed by atoms with Crippen molar-refractivity contribution in [2.45, 2.75) is 19.3 Å². The van der Waals surface area contributed by atoms with E-state index in [1.54, 1.807) is 4.90 Å². The van der Waals surface area contributed by atoms with Crippen molar-refractivity contribution in [3.63, 3.8) is 0 Å². The fourth-order valence-electron chi connectivity index (χ4n) is 3.17. The van der Waals surface area contributed by atoms with Crippen molar-refractivity contribution < 1.29 is 28.5 Å². The highest BCUT2D eigenvalue weighted by Crippen LogP contribution is 2.33. The molecule has 0 saturated carbocycles. The first-order chi connectivity index (χ1) is 11.8. The van der Waals surface area contributed by atoms with E-state index in [1.807, 2.05) is 18.2 Å². The Morgan fingerprint density at radius 2 is 1.96 bits per heavy atom. The summed E-state index contributed by atoms with van der Waals surface area (Å²) in [5, 5.41) is 0. The van der Waals surface area contributed by atoms with E-state index < -0.39 is 0 Å². The van der Waals surface area contributed by atoms with Gasteiger partial charge in [0.2, 0.25) is 12.7 Å². The summed E-state index contributed by atoms with van der Waals surface area (Å²) in [7, 11) is 0. The minimum absolute atomic E-state index is 0.0830. The average Bonchev–Trinajstić information content (AvgIpc) is 3.34. The molecule has 0 unspecified atom stereocenters. The molecule has 7 heteroatoms. The van der Waals surface area contributed by atoms with Gasteiger partial charge in [-0.05, 0) is 24.1 Å². The largest absolute Gasteiger partial charge is 0.454 e. The second kappa shape index (κ2) is 6.96. The highest BCUT2D eigenvalue weighted by atomic mass is 16.7. The van der Waals surface area contributed by atoms with Crippen molar-refractivity contribution in [3.05, 3.63) is 23.8 Å². The van der Waals surface area contributed by atoms with Gasteiger partial charge in [-0.25, -0.2) is 0 Å². The van der Waals surface area contributed by atoms with Gasteiger partial charge in [-0.2, -0.15) is 0 Å². The van der Waals surface area contributed by atoms with Gasteiger partial charge in [0.1, 0.15) is 0 Å². The van der Waals surface area contributed by atoms with Gasteiger partial charge < -0.3 is 28.6 Å². The van der Waals surface area contributed by atoms with E-state index in [0.29, 0.717) is 39.5 Å². The minimum atomic E-state index is -0.356. The Labute approximate surface area is 140 Å². The summed E-state index contributed by atoms with van der Waals surface area (Å²) in [6.07, 6.45) is 0.410. The molecule has 0 aliphatic carbocycles. The van der Waals surface area contributed by atoms with Crippen molar-refractivity contribution >= 4 is 5.91 Å². The molecule has 1 atom stereocenters. The predicted octanol–water partition coefficient (Wildman–Crippen LogP) is 1.15. The second-order valence-corrected chi connectivity index (χ2v) is 6.14. The van der Waals surface area contributed by atoms with Crippen LogP contribution in [0.1, 0.15) is 12.0 Å². The Kier molecular flexibility index (Phi) is 4.55. The van der Waals surface area contributed by atoms with Crippen LogP contribution in [0.5, 0.6) is 11.5 Å². The van der Waals surface area contributed by atoms with Gasteiger partial charge in [0, 0.05) is 13.2 Å². The molecule has 0 aromatic heterocycles. The second-order valence-electron chi connectivity index (χ2n) is 6.14. The molecule has 1 amide bonds. The molecule has 3 aliphatic rings. The number of hydrogen-bond donors (Lipinski definition) is 0. The maximum Gasteiger partial charge on any atom is 0.231 e. The first-order valence-corrected chi connectivity index (χ1v) is 8.28. The Balaban J connectivity index is 1.49. The predicted molar refractivity (Wildman–Crippen MR) is 82.6 cm³/mol. The summed E-state index contributed by atoms with van der Waals surface area (Å²) in [4.78, 5) is 14.6.